The largest absolute Gasteiger partial charge is 0.493 e. The highest BCUT2D eigenvalue weighted by molar-refractivity contribution is 5.27. The summed E-state index contributed by atoms with van der Waals surface area (Å²) in [5.74, 6) is 0.945. The van der Waals surface area contributed by atoms with Crippen molar-refractivity contribution < 1.29 is 9.84 Å². The smallest absolute Gasteiger partial charge is 0.119 e. The Bertz CT molecular complexity index is 424. The van der Waals surface area contributed by atoms with E-state index in [9.17, 15) is 5.11 Å². The van der Waals surface area contributed by atoms with E-state index >= 15 is 0 Å². The molecule has 2 nitrogen and oxygen atoms in total. The topological polar surface area (TPSA) is 29.5 Å². The van der Waals surface area contributed by atoms with Gasteiger partial charge < -0.3 is 9.84 Å². The molecule has 0 saturated carbocycles. The van der Waals surface area contributed by atoms with Crippen LogP contribution in [0, 0.1) is 0 Å². The second kappa shape index (κ2) is 8.89. The monoisotopic (exact) mass is 290 g/mol. The second-order valence-corrected chi connectivity index (χ2v) is 6.35. The first-order valence-electron chi connectivity index (χ1n) is 8.00. The van der Waals surface area contributed by atoms with Gasteiger partial charge in [0.05, 0.1) is 12.2 Å². The fraction of sp³-hybridized carbons (Fsp3) is 0.579. The molecule has 0 fully saturated rings. The number of rotatable bonds is 9. The minimum absolute atomic E-state index is 0.548. The zero-order valence-electron chi connectivity index (χ0n) is 14.0. The van der Waals surface area contributed by atoms with Crippen molar-refractivity contribution >= 4 is 0 Å². The molecule has 0 aromatic heterocycles. The van der Waals surface area contributed by atoms with Crippen LogP contribution in [-0.2, 0) is 6.42 Å². The molecule has 0 heterocycles. The van der Waals surface area contributed by atoms with Crippen LogP contribution in [0.5, 0.6) is 5.75 Å². The Balaban J connectivity index is 2.20. The highest BCUT2D eigenvalue weighted by atomic mass is 16.5. The van der Waals surface area contributed by atoms with Crippen molar-refractivity contribution in [1.82, 2.24) is 0 Å². The summed E-state index contributed by atoms with van der Waals surface area (Å²) in [5, 5.41) is 9.67. The molecular formula is C19H30O2. The van der Waals surface area contributed by atoms with Crippen molar-refractivity contribution in [1.29, 1.82) is 0 Å². The van der Waals surface area contributed by atoms with Crippen molar-refractivity contribution in [3.63, 3.8) is 0 Å². The standard InChI is InChI=1S/C19H30O2/c1-5-17-10-12-18(13-11-17)21-15-7-9-16(2)8-6-14-19(3,4)20/h9-13,20H,5-8,14-15H2,1-4H3. The number of ether oxygens (including phenoxy) is 1. The van der Waals surface area contributed by atoms with E-state index in [-0.39, 0.29) is 0 Å². The molecule has 1 N–H and O–H groups in total. The van der Waals surface area contributed by atoms with Crippen molar-refractivity contribution in [3.05, 3.63) is 41.5 Å². The number of aryl methyl sites for hydroxylation is 1. The van der Waals surface area contributed by atoms with Crippen LogP contribution in [0.25, 0.3) is 0 Å². The Kier molecular flexibility index (Phi) is 7.52. The summed E-state index contributed by atoms with van der Waals surface area (Å²) in [7, 11) is 0. The summed E-state index contributed by atoms with van der Waals surface area (Å²) in [6.45, 7) is 8.75. The van der Waals surface area contributed by atoms with E-state index in [0.29, 0.717) is 6.61 Å². The van der Waals surface area contributed by atoms with E-state index < -0.39 is 5.60 Å². The number of aliphatic hydroxyl groups is 1. The van der Waals surface area contributed by atoms with Crippen molar-refractivity contribution in [2.24, 2.45) is 0 Å². The first-order valence-corrected chi connectivity index (χ1v) is 8.00. The van der Waals surface area contributed by atoms with Gasteiger partial charge >= 0.3 is 0 Å². The Morgan fingerprint density at radius 3 is 2.48 bits per heavy atom. The first kappa shape index (κ1) is 17.8. The lowest BCUT2D eigenvalue weighted by Gasteiger charge is -2.16. The van der Waals surface area contributed by atoms with Gasteiger partial charge in [0.25, 0.3) is 0 Å². The summed E-state index contributed by atoms with van der Waals surface area (Å²) in [6.07, 6.45) is 7.17. The Morgan fingerprint density at radius 1 is 1.24 bits per heavy atom. The molecule has 0 saturated heterocycles. The van der Waals surface area contributed by atoms with E-state index in [1.807, 2.05) is 26.0 Å². The van der Waals surface area contributed by atoms with Gasteiger partial charge in [0.15, 0.2) is 0 Å². The van der Waals surface area contributed by atoms with Crippen LogP contribution in [0.15, 0.2) is 35.9 Å². The van der Waals surface area contributed by atoms with Gasteiger partial charge in [0.1, 0.15) is 5.75 Å². The average molecular weight is 290 g/mol. The lowest BCUT2D eigenvalue weighted by molar-refractivity contribution is 0.0689. The molecular weight excluding hydrogens is 260 g/mol. The van der Waals surface area contributed by atoms with Gasteiger partial charge in [0, 0.05) is 0 Å². The highest BCUT2D eigenvalue weighted by Gasteiger charge is 2.10. The van der Waals surface area contributed by atoms with Gasteiger partial charge in [0.2, 0.25) is 0 Å². The molecule has 0 aliphatic heterocycles. The molecule has 0 atom stereocenters. The lowest BCUT2D eigenvalue weighted by Crippen LogP contribution is -2.17. The highest BCUT2D eigenvalue weighted by Crippen LogP contribution is 2.16. The van der Waals surface area contributed by atoms with E-state index in [0.717, 1.165) is 37.9 Å². The summed E-state index contributed by atoms with van der Waals surface area (Å²) >= 11 is 0. The molecule has 0 amide bonds. The molecule has 0 unspecified atom stereocenters. The van der Waals surface area contributed by atoms with Crippen LogP contribution >= 0.6 is 0 Å². The van der Waals surface area contributed by atoms with Gasteiger partial charge in [-0.05, 0) is 70.6 Å². The Labute approximate surface area is 129 Å². The molecule has 1 aromatic carbocycles. The third-order valence-electron chi connectivity index (χ3n) is 3.57. The minimum atomic E-state index is -0.548. The predicted octanol–water partition coefficient (Wildman–Crippen LogP) is 4.91. The molecule has 2 heteroatoms. The van der Waals surface area contributed by atoms with Crippen molar-refractivity contribution in [2.75, 3.05) is 6.61 Å². The molecule has 0 aliphatic rings. The molecule has 0 radical (unpaired) electrons. The fourth-order valence-corrected chi connectivity index (χ4v) is 2.21. The minimum Gasteiger partial charge on any atom is -0.493 e. The SMILES string of the molecule is CCc1ccc(OCCC=C(C)CCCC(C)(C)O)cc1. The maximum atomic E-state index is 9.67. The number of benzene rings is 1. The van der Waals surface area contributed by atoms with Gasteiger partial charge in [-0.3, -0.25) is 0 Å². The maximum absolute atomic E-state index is 9.67. The van der Waals surface area contributed by atoms with Crippen LogP contribution < -0.4 is 4.74 Å². The van der Waals surface area contributed by atoms with Crippen LogP contribution in [0.4, 0.5) is 0 Å². The molecule has 0 bridgehead atoms. The molecule has 1 aromatic rings. The summed E-state index contributed by atoms with van der Waals surface area (Å²) in [5.41, 5.74) is 2.17. The number of hydrogen-bond donors (Lipinski definition) is 1. The lowest BCUT2D eigenvalue weighted by atomic mass is 9.99. The molecule has 0 spiro atoms. The Morgan fingerprint density at radius 2 is 1.90 bits per heavy atom. The molecule has 1 rings (SSSR count). The third-order valence-corrected chi connectivity index (χ3v) is 3.57. The van der Waals surface area contributed by atoms with E-state index in [4.69, 9.17) is 4.74 Å². The van der Waals surface area contributed by atoms with E-state index in [1.165, 1.54) is 11.1 Å². The quantitative estimate of drug-likeness (QED) is 0.517. The number of hydrogen-bond acceptors (Lipinski definition) is 2. The normalized spacial score (nSPS) is 12.5. The summed E-state index contributed by atoms with van der Waals surface area (Å²) in [4.78, 5) is 0. The molecule has 21 heavy (non-hydrogen) atoms. The maximum Gasteiger partial charge on any atom is 0.119 e. The Hall–Kier alpha value is -1.28. The van der Waals surface area contributed by atoms with Crippen molar-refractivity contribution in [2.45, 2.75) is 65.4 Å². The van der Waals surface area contributed by atoms with E-state index in [1.54, 1.807) is 0 Å². The van der Waals surface area contributed by atoms with Gasteiger partial charge in [-0.15, -0.1) is 0 Å². The predicted molar refractivity (Wildman–Crippen MR) is 89.8 cm³/mol. The summed E-state index contributed by atoms with van der Waals surface area (Å²) < 4.78 is 5.73. The number of allylic oxidation sites excluding steroid dienone is 1. The van der Waals surface area contributed by atoms with Crippen LogP contribution in [0.1, 0.15) is 58.9 Å². The third kappa shape index (κ3) is 8.56. The fourth-order valence-electron chi connectivity index (χ4n) is 2.21. The average Bonchev–Trinajstić information content (AvgIpc) is 2.43. The zero-order chi connectivity index (χ0) is 15.7. The zero-order valence-corrected chi connectivity index (χ0v) is 14.0. The van der Waals surface area contributed by atoms with Gasteiger partial charge in [-0.25, -0.2) is 0 Å². The van der Waals surface area contributed by atoms with Crippen LogP contribution in [-0.4, -0.2) is 17.3 Å². The molecule has 0 aliphatic carbocycles. The second-order valence-electron chi connectivity index (χ2n) is 6.35. The van der Waals surface area contributed by atoms with Crippen LogP contribution in [0.3, 0.4) is 0 Å². The van der Waals surface area contributed by atoms with Crippen LogP contribution in [0.2, 0.25) is 0 Å². The first-order chi connectivity index (χ1) is 9.90. The summed E-state index contributed by atoms with van der Waals surface area (Å²) in [6, 6.07) is 8.32. The van der Waals surface area contributed by atoms with Gasteiger partial charge in [-0.1, -0.05) is 30.7 Å². The molecule has 118 valence electrons. The van der Waals surface area contributed by atoms with Gasteiger partial charge in [-0.2, -0.15) is 0 Å². The van der Waals surface area contributed by atoms with Crippen molar-refractivity contribution in [3.8, 4) is 5.75 Å². The van der Waals surface area contributed by atoms with E-state index in [2.05, 4.69) is 32.1 Å².